The number of esters is 1. The number of para-hydroxylation sites is 1. The zero-order chi connectivity index (χ0) is 25.8. The molecule has 8 nitrogen and oxygen atoms in total. The number of hydrogen-bond donors (Lipinski definition) is 1. The normalized spacial score (nSPS) is 12.8. The van der Waals surface area contributed by atoms with E-state index < -0.39 is 23.3 Å². The second-order valence-corrected chi connectivity index (χ2v) is 9.31. The van der Waals surface area contributed by atoms with Crippen molar-refractivity contribution in [1.82, 2.24) is 0 Å². The van der Waals surface area contributed by atoms with Crippen LogP contribution in [0.15, 0.2) is 83.3 Å². The Kier molecular flexibility index (Phi) is 7.52. The lowest BCUT2D eigenvalue weighted by Gasteiger charge is -2.35. The number of carbonyl (C=O) groups excluding carboxylic acids is 2. The molecule has 0 bridgehead atoms. The van der Waals surface area contributed by atoms with Crippen molar-refractivity contribution in [3.05, 3.63) is 84.6 Å². The maximum Gasteiger partial charge on any atom is 0.329 e. The van der Waals surface area contributed by atoms with Crippen molar-refractivity contribution in [2.24, 2.45) is 5.92 Å². The molecule has 1 amide bonds. The number of hydrogen-bond acceptors (Lipinski definition) is 6. The van der Waals surface area contributed by atoms with Crippen LogP contribution >= 0.6 is 0 Å². The highest BCUT2D eigenvalue weighted by Crippen LogP contribution is 2.28. The maximum atomic E-state index is 12.6. The maximum absolute atomic E-state index is 12.6. The summed E-state index contributed by atoms with van der Waals surface area (Å²) in [5.74, 6) is -1.04. The lowest BCUT2D eigenvalue weighted by atomic mass is 10.0. The number of carbonyl (C=O) groups is 2. The van der Waals surface area contributed by atoms with Crippen LogP contribution in [0.4, 0.5) is 11.4 Å². The molecule has 9 heteroatoms. The average molecular weight is 506 g/mol. The second kappa shape index (κ2) is 10.8. The molecule has 0 fully saturated rings. The van der Waals surface area contributed by atoms with E-state index in [1.807, 2.05) is 30.3 Å². The molecule has 2 atom stereocenters. The summed E-state index contributed by atoms with van der Waals surface area (Å²) in [5, 5.41) is 3.68. The molecular weight excluding hydrogens is 480 g/mol. The molecule has 4 aromatic rings. The summed E-state index contributed by atoms with van der Waals surface area (Å²) >= 11 is -2.67. The number of fused-ring (bicyclic) bond motifs is 1. The minimum absolute atomic E-state index is 0.225. The molecule has 1 heterocycles. The molecule has 0 aliphatic rings. The van der Waals surface area contributed by atoms with Gasteiger partial charge in [0, 0.05) is 28.0 Å². The fourth-order valence-electron chi connectivity index (χ4n) is 3.93. The first-order chi connectivity index (χ1) is 17.3. The fraction of sp³-hybridized carbons (Fsp3) is 0.185. The van der Waals surface area contributed by atoms with Gasteiger partial charge in [-0.3, -0.25) is 13.3 Å². The summed E-state index contributed by atoms with van der Waals surface area (Å²) in [7, 11) is 1.23. The predicted molar refractivity (Wildman–Crippen MR) is 138 cm³/mol. The summed E-state index contributed by atoms with van der Waals surface area (Å²) < 4.78 is 35.4. The Morgan fingerprint density at radius 2 is 1.58 bits per heavy atom. The summed E-state index contributed by atoms with van der Waals surface area (Å²) in [6.45, 7) is 3.51. The first kappa shape index (κ1) is 25.2. The number of benzene rings is 3. The third-order valence-corrected chi connectivity index (χ3v) is 6.49. The number of amides is 1. The van der Waals surface area contributed by atoms with Gasteiger partial charge in [0.25, 0.3) is 5.91 Å². The Hall–Kier alpha value is -3.95. The van der Waals surface area contributed by atoms with Crippen molar-refractivity contribution in [1.29, 1.82) is 0 Å². The Morgan fingerprint density at radius 1 is 0.972 bits per heavy atom. The molecule has 1 aromatic heterocycles. The highest BCUT2D eigenvalue weighted by atomic mass is 32.2. The predicted octanol–water partition coefficient (Wildman–Crippen LogP) is 5.15. The largest absolute Gasteiger partial charge is 0.755 e. The van der Waals surface area contributed by atoms with E-state index in [9.17, 15) is 18.4 Å². The van der Waals surface area contributed by atoms with Gasteiger partial charge in [0.2, 0.25) is 0 Å². The monoisotopic (exact) mass is 505 g/mol. The molecule has 0 spiro atoms. The topological polar surface area (TPSA) is 112 Å². The van der Waals surface area contributed by atoms with Crippen LogP contribution in [0, 0.1) is 5.92 Å². The molecule has 2 unspecified atom stereocenters. The highest BCUT2D eigenvalue weighted by molar-refractivity contribution is 7.80. The van der Waals surface area contributed by atoms with E-state index in [2.05, 4.69) is 5.32 Å². The van der Waals surface area contributed by atoms with Gasteiger partial charge in [-0.1, -0.05) is 56.3 Å². The van der Waals surface area contributed by atoms with Gasteiger partial charge in [-0.2, -0.15) is 0 Å². The lowest BCUT2D eigenvalue weighted by molar-refractivity contribution is -0.142. The molecule has 4 rings (SSSR count). The van der Waals surface area contributed by atoms with E-state index in [1.165, 1.54) is 7.11 Å². The van der Waals surface area contributed by atoms with Crippen LogP contribution in [-0.4, -0.2) is 33.8 Å². The van der Waals surface area contributed by atoms with Gasteiger partial charge >= 0.3 is 5.97 Å². The molecule has 0 radical (unpaired) electrons. The van der Waals surface area contributed by atoms with E-state index in [4.69, 9.17) is 9.15 Å². The van der Waals surface area contributed by atoms with Crippen LogP contribution in [-0.2, 0) is 20.8 Å². The van der Waals surface area contributed by atoms with Crippen LogP contribution in [0.25, 0.3) is 22.1 Å². The molecule has 0 aliphatic heterocycles. The minimum Gasteiger partial charge on any atom is -0.755 e. The number of anilines is 2. The van der Waals surface area contributed by atoms with Gasteiger partial charge < -0.3 is 19.0 Å². The molecule has 0 saturated heterocycles. The Labute approximate surface area is 211 Å². The third-order valence-electron chi connectivity index (χ3n) is 5.73. The Morgan fingerprint density at radius 3 is 2.14 bits per heavy atom. The first-order valence-electron chi connectivity index (χ1n) is 11.3. The standard InChI is InChI=1S/C27H26N2O6S/c1-17(2)25(27(31)34-3)29(36(32)33)22-14-10-19(11-15-22)18-8-12-21(13-9-18)28-26(30)24-16-20-6-4-5-7-23(20)35-24/h4-17,25H,1-3H3,(H,28,30)(H,32,33)/p-1. The van der Waals surface area contributed by atoms with Gasteiger partial charge in [-0.05, 0) is 53.4 Å². The van der Waals surface area contributed by atoms with E-state index in [0.717, 1.165) is 20.8 Å². The first-order valence-corrected chi connectivity index (χ1v) is 12.3. The van der Waals surface area contributed by atoms with Gasteiger partial charge in [0.05, 0.1) is 7.11 Å². The van der Waals surface area contributed by atoms with Crippen molar-refractivity contribution in [3.63, 3.8) is 0 Å². The van der Waals surface area contributed by atoms with Crippen molar-refractivity contribution >= 4 is 45.5 Å². The van der Waals surface area contributed by atoms with Crippen LogP contribution < -0.4 is 9.62 Å². The Bertz CT molecular complexity index is 1360. The molecule has 186 valence electrons. The molecule has 0 aliphatic carbocycles. The van der Waals surface area contributed by atoms with Crippen molar-refractivity contribution in [2.45, 2.75) is 19.9 Å². The van der Waals surface area contributed by atoms with Crippen molar-refractivity contribution in [3.8, 4) is 11.1 Å². The summed E-state index contributed by atoms with van der Waals surface area (Å²) in [6, 6.07) is 22.2. The van der Waals surface area contributed by atoms with E-state index in [-0.39, 0.29) is 17.6 Å². The van der Waals surface area contributed by atoms with E-state index >= 15 is 0 Å². The molecular formula is C27H25N2O6S-. The Balaban J connectivity index is 1.49. The molecule has 0 saturated carbocycles. The smallest absolute Gasteiger partial charge is 0.329 e. The van der Waals surface area contributed by atoms with Crippen LogP contribution in [0.3, 0.4) is 0 Å². The van der Waals surface area contributed by atoms with Gasteiger partial charge in [-0.25, -0.2) is 4.79 Å². The number of ether oxygens (including phenoxy) is 1. The van der Waals surface area contributed by atoms with Crippen molar-refractivity contribution < 1.29 is 27.5 Å². The van der Waals surface area contributed by atoms with Crippen LogP contribution in [0.1, 0.15) is 24.4 Å². The molecule has 3 aromatic carbocycles. The number of furan rings is 1. The zero-order valence-electron chi connectivity index (χ0n) is 20.0. The van der Waals surface area contributed by atoms with Gasteiger partial charge in [-0.15, -0.1) is 0 Å². The van der Waals surface area contributed by atoms with E-state index in [0.29, 0.717) is 17.0 Å². The van der Waals surface area contributed by atoms with Crippen LogP contribution in [0.5, 0.6) is 0 Å². The SMILES string of the molecule is COC(=O)C(C(C)C)N(c1ccc(-c2ccc(NC(=O)c3cc4ccccc4o3)cc2)cc1)S(=O)[O-]. The molecule has 36 heavy (non-hydrogen) atoms. The second-order valence-electron chi connectivity index (χ2n) is 8.48. The quantitative estimate of drug-likeness (QED) is 0.262. The lowest BCUT2D eigenvalue weighted by Crippen LogP contribution is -2.46. The van der Waals surface area contributed by atoms with E-state index in [1.54, 1.807) is 62.4 Å². The number of nitrogens with zero attached hydrogens (tertiary/aromatic N) is 1. The minimum atomic E-state index is -2.67. The summed E-state index contributed by atoms with van der Waals surface area (Å²) in [4.78, 5) is 24.8. The number of methoxy groups -OCH3 is 1. The number of rotatable bonds is 8. The zero-order valence-corrected chi connectivity index (χ0v) is 20.8. The van der Waals surface area contributed by atoms with Crippen molar-refractivity contribution in [2.75, 3.05) is 16.7 Å². The third kappa shape index (κ3) is 5.32. The average Bonchev–Trinajstić information content (AvgIpc) is 3.32. The highest BCUT2D eigenvalue weighted by Gasteiger charge is 2.31. The fourth-order valence-corrected chi connectivity index (χ4v) is 4.74. The van der Waals surface area contributed by atoms with Gasteiger partial charge in [0.15, 0.2) is 5.76 Å². The summed E-state index contributed by atoms with van der Waals surface area (Å²) in [6.07, 6.45) is 0. The van der Waals surface area contributed by atoms with Crippen LogP contribution in [0.2, 0.25) is 0 Å². The number of nitrogens with one attached hydrogen (secondary N) is 1. The van der Waals surface area contributed by atoms with Gasteiger partial charge in [0.1, 0.15) is 11.6 Å². The summed E-state index contributed by atoms with van der Waals surface area (Å²) in [5.41, 5.74) is 3.31. The molecule has 1 N–H and O–H groups in total.